The van der Waals surface area contributed by atoms with Crippen molar-refractivity contribution in [1.29, 1.82) is 0 Å². The SMILES string of the molecule is CC(C)C(CNCC(C)C1CC1)c1ccccc1. The van der Waals surface area contributed by atoms with Gasteiger partial charge in [-0.3, -0.25) is 0 Å². The molecule has 1 aromatic rings. The third-order valence-corrected chi connectivity index (χ3v) is 4.29. The zero-order chi connectivity index (χ0) is 13.0. The van der Waals surface area contributed by atoms with E-state index < -0.39 is 0 Å². The number of benzene rings is 1. The lowest BCUT2D eigenvalue weighted by Gasteiger charge is -2.23. The first-order chi connectivity index (χ1) is 8.68. The average Bonchev–Trinajstić information content (AvgIpc) is 3.19. The third kappa shape index (κ3) is 3.84. The highest BCUT2D eigenvalue weighted by Gasteiger charge is 2.27. The van der Waals surface area contributed by atoms with Crippen molar-refractivity contribution in [2.24, 2.45) is 17.8 Å². The number of hydrogen-bond donors (Lipinski definition) is 1. The highest BCUT2D eigenvalue weighted by molar-refractivity contribution is 5.20. The van der Waals surface area contributed by atoms with E-state index in [1.54, 1.807) is 0 Å². The monoisotopic (exact) mass is 245 g/mol. The molecule has 1 aliphatic carbocycles. The van der Waals surface area contributed by atoms with Crippen LogP contribution in [0, 0.1) is 17.8 Å². The largest absolute Gasteiger partial charge is 0.316 e. The maximum atomic E-state index is 3.69. The van der Waals surface area contributed by atoms with Crippen LogP contribution in [0.15, 0.2) is 30.3 Å². The van der Waals surface area contributed by atoms with E-state index >= 15 is 0 Å². The second-order valence-corrected chi connectivity index (χ2v) is 6.23. The van der Waals surface area contributed by atoms with Gasteiger partial charge in [-0.2, -0.15) is 0 Å². The lowest BCUT2D eigenvalue weighted by atomic mass is 9.88. The van der Waals surface area contributed by atoms with Crippen LogP contribution in [0.1, 0.15) is 45.1 Å². The summed E-state index contributed by atoms with van der Waals surface area (Å²) >= 11 is 0. The molecular weight excluding hydrogens is 218 g/mol. The van der Waals surface area contributed by atoms with Crippen LogP contribution in [0.4, 0.5) is 0 Å². The Morgan fingerprint density at radius 3 is 2.28 bits per heavy atom. The van der Waals surface area contributed by atoms with Gasteiger partial charge in [-0.05, 0) is 48.6 Å². The molecule has 0 aromatic heterocycles. The maximum absolute atomic E-state index is 3.69. The van der Waals surface area contributed by atoms with Gasteiger partial charge in [0.2, 0.25) is 0 Å². The first-order valence-electron chi connectivity index (χ1n) is 7.44. The highest BCUT2D eigenvalue weighted by Crippen LogP contribution is 2.36. The van der Waals surface area contributed by atoms with Crippen LogP contribution in [0.3, 0.4) is 0 Å². The summed E-state index contributed by atoms with van der Waals surface area (Å²) in [6.07, 6.45) is 2.91. The Bertz CT molecular complexity index is 340. The molecule has 100 valence electrons. The topological polar surface area (TPSA) is 12.0 Å². The molecule has 1 fully saturated rings. The summed E-state index contributed by atoms with van der Waals surface area (Å²) in [6.45, 7) is 9.32. The Morgan fingerprint density at radius 1 is 1.06 bits per heavy atom. The fourth-order valence-corrected chi connectivity index (χ4v) is 2.74. The van der Waals surface area contributed by atoms with Gasteiger partial charge in [-0.25, -0.2) is 0 Å². The maximum Gasteiger partial charge on any atom is 0.00227 e. The summed E-state index contributed by atoms with van der Waals surface area (Å²) in [6, 6.07) is 10.9. The zero-order valence-electron chi connectivity index (χ0n) is 12.0. The first-order valence-corrected chi connectivity index (χ1v) is 7.44. The molecular formula is C17H27N. The molecule has 0 aliphatic heterocycles. The van der Waals surface area contributed by atoms with Crippen molar-refractivity contribution in [2.45, 2.75) is 39.5 Å². The standard InChI is InChI=1S/C17H27N/c1-13(2)17(16-7-5-4-6-8-16)12-18-11-14(3)15-9-10-15/h4-8,13-15,17-18H,9-12H2,1-3H3. The minimum Gasteiger partial charge on any atom is -0.316 e. The molecule has 1 aromatic carbocycles. The second kappa shape index (κ2) is 6.38. The summed E-state index contributed by atoms with van der Waals surface area (Å²) in [7, 11) is 0. The van der Waals surface area contributed by atoms with Crippen molar-refractivity contribution in [3.63, 3.8) is 0 Å². The summed E-state index contributed by atoms with van der Waals surface area (Å²) in [5.74, 6) is 3.19. The van der Waals surface area contributed by atoms with Crippen molar-refractivity contribution >= 4 is 0 Å². The van der Waals surface area contributed by atoms with Gasteiger partial charge in [-0.15, -0.1) is 0 Å². The Hall–Kier alpha value is -0.820. The van der Waals surface area contributed by atoms with Crippen LogP contribution in [0.25, 0.3) is 0 Å². The normalized spacial score (nSPS) is 18.9. The molecule has 1 saturated carbocycles. The molecule has 0 bridgehead atoms. The molecule has 1 N–H and O–H groups in total. The van der Waals surface area contributed by atoms with E-state index in [9.17, 15) is 0 Å². The molecule has 0 radical (unpaired) electrons. The summed E-state index contributed by atoms with van der Waals surface area (Å²) in [5.41, 5.74) is 1.47. The van der Waals surface area contributed by atoms with Gasteiger partial charge in [-0.1, -0.05) is 51.1 Å². The van der Waals surface area contributed by atoms with Gasteiger partial charge in [0.05, 0.1) is 0 Å². The van der Waals surface area contributed by atoms with E-state index in [2.05, 4.69) is 56.4 Å². The predicted octanol–water partition coefficient (Wildman–Crippen LogP) is 4.06. The van der Waals surface area contributed by atoms with Crippen LogP contribution in [0.2, 0.25) is 0 Å². The van der Waals surface area contributed by atoms with Gasteiger partial charge >= 0.3 is 0 Å². The lowest BCUT2D eigenvalue weighted by molar-refractivity contribution is 0.413. The molecule has 2 atom stereocenters. The van der Waals surface area contributed by atoms with E-state index in [-0.39, 0.29) is 0 Å². The van der Waals surface area contributed by atoms with Gasteiger partial charge in [0.15, 0.2) is 0 Å². The minimum atomic E-state index is 0.637. The Labute approximate surface area is 112 Å². The minimum absolute atomic E-state index is 0.637. The Morgan fingerprint density at radius 2 is 1.72 bits per heavy atom. The van der Waals surface area contributed by atoms with Crippen molar-refractivity contribution in [1.82, 2.24) is 5.32 Å². The quantitative estimate of drug-likeness (QED) is 0.764. The highest BCUT2D eigenvalue weighted by atomic mass is 14.9. The second-order valence-electron chi connectivity index (χ2n) is 6.23. The van der Waals surface area contributed by atoms with Gasteiger partial charge in [0, 0.05) is 6.54 Å². The van der Waals surface area contributed by atoms with E-state index in [1.165, 1.54) is 24.9 Å². The van der Waals surface area contributed by atoms with E-state index in [4.69, 9.17) is 0 Å². The van der Waals surface area contributed by atoms with Gasteiger partial charge in [0.25, 0.3) is 0 Å². The average molecular weight is 245 g/mol. The first kappa shape index (κ1) is 13.6. The number of rotatable bonds is 7. The summed E-state index contributed by atoms with van der Waals surface area (Å²) in [4.78, 5) is 0. The Kier molecular flexibility index (Phi) is 4.82. The third-order valence-electron chi connectivity index (χ3n) is 4.29. The fourth-order valence-electron chi connectivity index (χ4n) is 2.74. The van der Waals surface area contributed by atoms with Crippen molar-refractivity contribution in [2.75, 3.05) is 13.1 Å². The van der Waals surface area contributed by atoms with Crippen LogP contribution in [-0.2, 0) is 0 Å². The lowest BCUT2D eigenvalue weighted by Crippen LogP contribution is -2.29. The number of nitrogens with one attached hydrogen (secondary N) is 1. The molecule has 0 spiro atoms. The summed E-state index contributed by atoms with van der Waals surface area (Å²) in [5, 5.41) is 3.69. The van der Waals surface area contributed by atoms with Crippen LogP contribution in [0.5, 0.6) is 0 Å². The predicted molar refractivity (Wildman–Crippen MR) is 78.8 cm³/mol. The fraction of sp³-hybridized carbons (Fsp3) is 0.647. The van der Waals surface area contributed by atoms with Crippen molar-refractivity contribution < 1.29 is 0 Å². The van der Waals surface area contributed by atoms with Crippen LogP contribution >= 0.6 is 0 Å². The van der Waals surface area contributed by atoms with Crippen LogP contribution < -0.4 is 5.32 Å². The molecule has 0 saturated heterocycles. The van der Waals surface area contributed by atoms with Gasteiger partial charge in [0.1, 0.15) is 0 Å². The molecule has 2 unspecified atom stereocenters. The molecule has 2 rings (SSSR count). The van der Waals surface area contributed by atoms with E-state index in [0.717, 1.165) is 18.4 Å². The van der Waals surface area contributed by atoms with Crippen molar-refractivity contribution in [3.05, 3.63) is 35.9 Å². The van der Waals surface area contributed by atoms with E-state index in [1.807, 2.05) is 0 Å². The van der Waals surface area contributed by atoms with Crippen LogP contribution in [-0.4, -0.2) is 13.1 Å². The van der Waals surface area contributed by atoms with Gasteiger partial charge < -0.3 is 5.32 Å². The number of hydrogen-bond acceptors (Lipinski definition) is 1. The molecule has 1 aliphatic rings. The van der Waals surface area contributed by atoms with Crippen molar-refractivity contribution in [3.8, 4) is 0 Å². The smallest absolute Gasteiger partial charge is 0.00227 e. The molecule has 18 heavy (non-hydrogen) atoms. The molecule has 1 heteroatoms. The molecule has 1 nitrogen and oxygen atoms in total. The molecule has 0 heterocycles. The van der Waals surface area contributed by atoms with E-state index in [0.29, 0.717) is 11.8 Å². The molecule has 0 amide bonds. The summed E-state index contributed by atoms with van der Waals surface area (Å²) < 4.78 is 0. The Balaban J connectivity index is 1.83. The zero-order valence-corrected chi connectivity index (χ0v) is 12.0.